The van der Waals surface area contributed by atoms with Crippen molar-refractivity contribution in [1.29, 1.82) is 0 Å². The number of anilines is 1. The van der Waals surface area contributed by atoms with E-state index in [1.165, 1.54) is 0 Å². The largest absolute Gasteiger partial charge is 0.337 e. The van der Waals surface area contributed by atoms with Crippen LogP contribution in [-0.4, -0.2) is 56.4 Å². The van der Waals surface area contributed by atoms with Gasteiger partial charge in [0.25, 0.3) is 5.91 Å². The number of halogens is 1. The Labute approximate surface area is 223 Å². The minimum absolute atomic E-state index is 0.0152. The maximum Gasteiger partial charge on any atom is 0.258 e. The first-order valence-electron chi connectivity index (χ1n) is 12.7. The molecular formula is C28H35ClN6O2. The average Bonchev–Trinajstić information content (AvgIpc) is 3.03. The number of likely N-dealkylation sites (tertiary alicyclic amines) is 1. The van der Waals surface area contributed by atoms with Crippen LogP contribution in [0.2, 0.25) is 5.02 Å². The van der Waals surface area contributed by atoms with Gasteiger partial charge in [0.2, 0.25) is 11.9 Å². The molecule has 0 bridgehead atoms. The molecule has 1 aliphatic heterocycles. The molecule has 2 aromatic heterocycles. The molecule has 3 aromatic rings. The Bertz CT molecular complexity index is 1310. The second-order valence-electron chi connectivity index (χ2n) is 10.5. The van der Waals surface area contributed by atoms with E-state index in [0.717, 1.165) is 30.5 Å². The van der Waals surface area contributed by atoms with Crippen molar-refractivity contribution in [3.8, 4) is 0 Å². The normalized spacial score (nSPS) is 16.8. The molecule has 9 heteroatoms. The van der Waals surface area contributed by atoms with E-state index in [1.54, 1.807) is 24.4 Å². The fourth-order valence-corrected chi connectivity index (χ4v) is 4.83. The van der Waals surface area contributed by atoms with Crippen molar-refractivity contribution >= 4 is 40.4 Å². The highest BCUT2D eigenvalue weighted by molar-refractivity contribution is 6.35. The minimum Gasteiger partial charge on any atom is -0.337 e. The van der Waals surface area contributed by atoms with Crippen LogP contribution in [-0.2, 0) is 4.79 Å². The van der Waals surface area contributed by atoms with E-state index >= 15 is 0 Å². The molecule has 1 atom stereocenters. The van der Waals surface area contributed by atoms with Gasteiger partial charge in [-0.3, -0.25) is 19.9 Å². The molecule has 1 aromatic carbocycles. The smallest absolute Gasteiger partial charge is 0.258 e. The number of aryl methyl sites for hydroxylation is 1. The maximum atomic E-state index is 13.1. The third-order valence-electron chi connectivity index (χ3n) is 6.38. The fraction of sp³-hybridized carbons (Fsp3) is 0.429. The molecule has 0 aliphatic carbocycles. The first-order valence-corrected chi connectivity index (χ1v) is 13.1. The molecular weight excluding hydrogens is 488 g/mol. The number of amides is 2. The van der Waals surface area contributed by atoms with Gasteiger partial charge < -0.3 is 14.8 Å². The summed E-state index contributed by atoms with van der Waals surface area (Å²) in [6.45, 7) is 9.93. The van der Waals surface area contributed by atoms with E-state index in [1.807, 2.05) is 40.7 Å². The van der Waals surface area contributed by atoms with Crippen molar-refractivity contribution < 1.29 is 9.59 Å². The second-order valence-corrected chi connectivity index (χ2v) is 10.9. The van der Waals surface area contributed by atoms with Crippen LogP contribution >= 0.6 is 11.6 Å². The molecule has 1 saturated heterocycles. The monoisotopic (exact) mass is 522 g/mol. The summed E-state index contributed by atoms with van der Waals surface area (Å²) >= 11 is 6.65. The van der Waals surface area contributed by atoms with Crippen LogP contribution in [0.4, 0.5) is 5.95 Å². The lowest BCUT2D eigenvalue weighted by molar-refractivity contribution is -0.126. The quantitative estimate of drug-likeness (QED) is 0.437. The molecule has 0 radical (unpaired) electrons. The molecule has 1 aliphatic rings. The Morgan fingerprint density at radius 3 is 2.78 bits per heavy atom. The number of hydrogen-bond acceptors (Lipinski definition) is 5. The van der Waals surface area contributed by atoms with Gasteiger partial charge in [0.05, 0.1) is 22.1 Å². The van der Waals surface area contributed by atoms with Gasteiger partial charge in [-0.2, -0.15) is 0 Å². The first kappa shape index (κ1) is 26.8. The second kappa shape index (κ2) is 11.4. The molecule has 3 heterocycles. The molecule has 1 unspecified atom stereocenters. The summed E-state index contributed by atoms with van der Waals surface area (Å²) in [6, 6.07) is 8.88. The Kier molecular flexibility index (Phi) is 8.29. The van der Waals surface area contributed by atoms with Gasteiger partial charge in [-0.15, -0.1) is 0 Å². The molecule has 0 saturated carbocycles. The highest BCUT2D eigenvalue weighted by Crippen LogP contribution is 2.34. The third kappa shape index (κ3) is 6.76. The zero-order valence-corrected chi connectivity index (χ0v) is 22.7. The summed E-state index contributed by atoms with van der Waals surface area (Å²) in [5, 5.41) is 6.91. The third-order valence-corrected chi connectivity index (χ3v) is 6.68. The summed E-state index contributed by atoms with van der Waals surface area (Å²) in [6.07, 6.45) is 7.84. The molecule has 196 valence electrons. The average molecular weight is 523 g/mol. The van der Waals surface area contributed by atoms with E-state index in [9.17, 15) is 9.59 Å². The predicted molar refractivity (Wildman–Crippen MR) is 148 cm³/mol. The van der Waals surface area contributed by atoms with Crippen LogP contribution < -0.4 is 10.6 Å². The minimum atomic E-state index is -0.269. The number of nitrogens with zero attached hydrogens (tertiary/aromatic N) is 4. The zero-order valence-electron chi connectivity index (χ0n) is 21.9. The van der Waals surface area contributed by atoms with Crippen LogP contribution in [0.15, 0.2) is 48.7 Å². The first-order chi connectivity index (χ1) is 17.6. The number of fused-ring (bicyclic) bond motifs is 1. The maximum absolute atomic E-state index is 13.1. The molecule has 2 N–H and O–H groups in total. The van der Waals surface area contributed by atoms with Crippen molar-refractivity contribution in [2.24, 2.45) is 0 Å². The Balaban J connectivity index is 1.62. The molecule has 37 heavy (non-hydrogen) atoms. The van der Waals surface area contributed by atoms with Crippen LogP contribution in [0.3, 0.4) is 0 Å². The molecule has 0 spiro atoms. The summed E-state index contributed by atoms with van der Waals surface area (Å²) in [4.78, 5) is 37.0. The van der Waals surface area contributed by atoms with Gasteiger partial charge in [0.15, 0.2) is 0 Å². The number of carbonyl (C=O) groups is 2. The van der Waals surface area contributed by atoms with Gasteiger partial charge in [0, 0.05) is 48.7 Å². The van der Waals surface area contributed by atoms with Crippen LogP contribution in [0.5, 0.6) is 0 Å². The van der Waals surface area contributed by atoms with E-state index < -0.39 is 0 Å². The number of carbonyl (C=O) groups excluding carboxylic acids is 2. The van der Waals surface area contributed by atoms with Crippen molar-refractivity contribution in [3.05, 3.63) is 65.0 Å². The topological polar surface area (TPSA) is 92.2 Å². The van der Waals surface area contributed by atoms with Crippen molar-refractivity contribution in [2.45, 2.75) is 58.5 Å². The lowest BCUT2D eigenvalue weighted by Gasteiger charge is -2.26. The van der Waals surface area contributed by atoms with Crippen LogP contribution in [0.25, 0.3) is 11.0 Å². The Hall–Kier alpha value is -3.23. The number of hydrogen-bond donors (Lipinski definition) is 2. The number of benzene rings is 1. The van der Waals surface area contributed by atoms with Crippen molar-refractivity contribution in [2.75, 3.05) is 25.0 Å². The van der Waals surface area contributed by atoms with Crippen LogP contribution in [0, 0.1) is 6.92 Å². The lowest BCUT2D eigenvalue weighted by atomic mass is 10.1. The highest BCUT2D eigenvalue weighted by Gasteiger charge is 2.27. The summed E-state index contributed by atoms with van der Waals surface area (Å²) in [5.74, 6) is 0.136. The fourth-order valence-electron chi connectivity index (χ4n) is 4.57. The predicted octanol–water partition coefficient (Wildman–Crippen LogP) is 5.14. The number of rotatable bonds is 6. The Morgan fingerprint density at radius 2 is 2.03 bits per heavy atom. The zero-order chi connectivity index (χ0) is 26.6. The van der Waals surface area contributed by atoms with Gasteiger partial charge in [-0.25, -0.2) is 4.98 Å². The number of nitrogens with one attached hydrogen (secondary N) is 2. The standard InChI is InChI=1S/C28H35ClN6O2/c1-19-17-20(13-15-30-19)26(37)33-27-32-23-11-7-10-22(29)25(23)35(27)21-9-5-6-16-34(18-21)24(36)12-8-14-31-28(2,3)4/h7-8,10-13,15,17,21,31H,5-6,9,14,16,18H2,1-4H3,(H,32,33,37)/b12-8+. The Morgan fingerprint density at radius 1 is 1.22 bits per heavy atom. The van der Waals surface area contributed by atoms with E-state index in [-0.39, 0.29) is 23.4 Å². The van der Waals surface area contributed by atoms with Crippen molar-refractivity contribution in [1.82, 2.24) is 24.8 Å². The SMILES string of the molecule is Cc1cc(C(=O)Nc2nc3cccc(Cl)c3n2C2CCCCN(C(=O)/C=C/CNC(C)(C)C)C2)ccn1. The summed E-state index contributed by atoms with van der Waals surface area (Å²) < 4.78 is 2.00. The number of para-hydroxylation sites is 1. The molecule has 1 fully saturated rings. The highest BCUT2D eigenvalue weighted by atomic mass is 35.5. The van der Waals surface area contributed by atoms with E-state index in [2.05, 4.69) is 36.4 Å². The molecule has 8 nitrogen and oxygen atoms in total. The number of imidazole rings is 1. The van der Waals surface area contributed by atoms with E-state index in [0.29, 0.717) is 41.7 Å². The molecule has 2 amide bonds. The van der Waals surface area contributed by atoms with Gasteiger partial charge in [-0.1, -0.05) is 23.7 Å². The lowest BCUT2D eigenvalue weighted by Crippen LogP contribution is -2.36. The summed E-state index contributed by atoms with van der Waals surface area (Å²) in [7, 11) is 0. The van der Waals surface area contributed by atoms with E-state index in [4.69, 9.17) is 16.6 Å². The van der Waals surface area contributed by atoms with Crippen molar-refractivity contribution in [3.63, 3.8) is 0 Å². The number of aromatic nitrogens is 3. The van der Waals surface area contributed by atoms with Crippen LogP contribution in [0.1, 0.15) is 62.1 Å². The summed E-state index contributed by atoms with van der Waals surface area (Å²) in [5.41, 5.74) is 2.70. The number of pyridine rings is 1. The molecule has 4 rings (SSSR count). The van der Waals surface area contributed by atoms with Gasteiger partial charge in [0.1, 0.15) is 0 Å². The van der Waals surface area contributed by atoms with Gasteiger partial charge in [-0.05, 0) is 71.2 Å². The van der Waals surface area contributed by atoms with Gasteiger partial charge >= 0.3 is 0 Å².